The van der Waals surface area contributed by atoms with Crippen LogP contribution in [0.25, 0.3) is 5.69 Å². The van der Waals surface area contributed by atoms with Gasteiger partial charge < -0.3 is 9.47 Å². The summed E-state index contributed by atoms with van der Waals surface area (Å²) in [4.78, 5) is 0. The van der Waals surface area contributed by atoms with E-state index in [0.29, 0.717) is 16.3 Å². The van der Waals surface area contributed by atoms with Gasteiger partial charge in [-0.3, -0.25) is 9.67 Å². The Hall–Kier alpha value is -1.77. The molecule has 0 spiro atoms. The number of methoxy groups -OCH3 is 2. The number of hydrogen-bond acceptors (Lipinski definition) is 5. The molecule has 1 N–H and O–H groups in total. The summed E-state index contributed by atoms with van der Waals surface area (Å²) in [5, 5.41) is 7.27. The van der Waals surface area contributed by atoms with Crippen molar-refractivity contribution in [3.8, 4) is 17.2 Å². The topological polar surface area (TPSA) is 52.1 Å². The summed E-state index contributed by atoms with van der Waals surface area (Å²) in [5.74, 6) is 3.80. The number of ether oxygens (including phenoxy) is 2. The van der Waals surface area contributed by atoms with Crippen molar-refractivity contribution < 1.29 is 9.47 Å². The van der Waals surface area contributed by atoms with Gasteiger partial charge in [0, 0.05) is 16.3 Å². The van der Waals surface area contributed by atoms with E-state index in [9.17, 15) is 0 Å². The zero-order valence-corrected chi connectivity index (χ0v) is 17.6. The molecule has 1 aromatic heterocycles. The number of aromatic nitrogens is 3. The lowest BCUT2D eigenvalue weighted by Gasteiger charge is -2.11. The fourth-order valence-corrected chi connectivity index (χ4v) is 4.34. The van der Waals surface area contributed by atoms with Gasteiger partial charge in [-0.1, -0.05) is 34.1 Å². The lowest BCUT2D eigenvalue weighted by molar-refractivity contribution is 0.355. The van der Waals surface area contributed by atoms with Gasteiger partial charge in [0.2, 0.25) is 0 Å². The lowest BCUT2D eigenvalue weighted by atomic mass is 10.2. The van der Waals surface area contributed by atoms with Crippen LogP contribution in [-0.4, -0.2) is 29.0 Å². The number of benzene rings is 2. The largest absolute Gasteiger partial charge is 0.493 e. The quantitative estimate of drug-likeness (QED) is 0.503. The van der Waals surface area contributed by atoms with E-state index in [1.165, 1.54) is 5.56 Å². The molecule has 0 aliphatic heterocycles. The van der Waals surface area contributed by atoms with E-state index >= 15 is 0 Å². The summed E-state index contributed by atoms with van der Waals surface area (Å²) in [5.41, 5.74) is 2.14. The molecule has 3 aromatic rings. The standard InChI is InChI=1S/C18H18BrN3O2S2/c1-23-15-8-7-13(9-16(15)24-2)22-17(20-21-18(22)25)11-26-10-12-5-3-4-6-14(12)19/h3-9H,10-11H2,1-2H3,(H,21,25). The Morgan fingerprint density at radius 1 is 1.12 bits per heavy atom. The van der Waals surface area contributed by atoms with Gasteiger partial charge in [0.25, 0.3) is 0 Å². The first-order valence-electron chi connectivity index (χ1n) is 7.84. The van der Waals surface area contributed by atoms with Gasteiger partial charge in [-0.05, 0) is 36.0 Å². The van der Waals surface area contributed by atoms with E-state index in [1.807, 2.05) is 34.9 Å². The van der Waals surface area contributed by atoms with Gasteiger partial charge in [0.1, 0.15) is 5.82 Å². The van der Waals surface area contributed by atoms with Gasteiger partial charge in [-0.2, -0.15) is 5.10 Å². The zero-order chi connectivity index (χ0) is 18.5. The number of hydrogen-bond donors (Lipinski definition) is 1. The molecular weight excluding hydrogens is 434 g/mol. The maximum atomic E-state index is 5.42. The molecule has 1 heterocycles. The summed E-state index contributed by atoms with van der Waals surface area (Å²) in [7, 11) is 3.23. The van der Waals surface area contributed by atoms with E-state index in [0.717, 1.165) is 27.5 Å². The van der Waals surface area contributed by atoms with Crippen molar-refractivity contribution >= 4 is 39.9 Å². The molecule has 0 bridgehead atoms. The number of nitrogens with one attached hydrogen (secondary N) is 1. The molecule has 0 unspecified atom stereocenters. The lowest BCUT2D eigenvalue weighted by Crippen LogP contribution is -2.02. The molecule has 0 radical (unpaired) electrons. The molecular formula is C18H18BrN3O2S2. The Morgan fingerprint density at radius 3 is 2.62 bits per heavy atom. The van der Waals surface area contributed by atoms with Crippen molar-refractivity contribution in [2.75, 3.05) is 14.2 Å². The highest BCUT2D eigenvalue weighted by Crippen LogP contribution is 2.30. The number of nitrogens with zero attached hydrogens (tertiary/aromatic N) is 2. The highest BCUT2D eigenvalue weighted by atomic mass is 79.9. The van der Waals surface area contributed by atoms with Crippen molar-refractivity contribution in [2.45, 2.75) is 11.5 Å². The average molecular weight is 452 g/mol. The third kappa shape index (κ3) is 4.13. The van der Waals surface area contributed by atoms with E-state index in [4.69, 9.17) is 21.7 Å². The van der Waals surface area contributed by atoms with Crippen LogP contribution in [0.15, 0.2) is 46.9 Å². The fraction of sp³-hybridized carbons (Fsp3) is 0.222. The summed E-state index contributed by atoms with van der Waals surface area (Å²) in [6.45, 7) is 0. The zero-order valence-electron chi connectivity index (χ0n) is 14.4. The van der Waals surface area contributed by atoms with Crippen LogP contribution in [0.2, 0.25) is 0 Å². The Labute approximate surface area is 169 Å². The predicted molar refractivity (Wildman–Crippen MR) is 111 cm³/mol. The number of H-pyrrole nitrogens is 1. The Bertz CT molecular complexity index is 956. The summed E-state index contributed by atoms with van der Waals surface area (Å²) in [6.07, 6.45) is 0. The molecule has 0 atom stereocenters. The Morgan fingerprint density at radius 2 is 1.88 bits per heavy atom. The van der Waals surface area contributed by atoms with Crippen LogP contribution in [0.3, 0.4) is 0 Å². The molecule has 136 valence electrons. The van der Waals surface area contributed by atoms with Gasteiger partial charge in [-0.15, -0.1) is 11.8 Å². The molecule has 0 aliphatic carbocycles. The van der Waals surface area contributed by atoms with Crippen LogP contribution >= 0.6 is 39.9 Å². The number of thioether (sulfide) groups is 1. The third-order valence-corrected chi connectivity index (χ3v) is 5.84. The third-order valence-electron chi connectivity index (χ3n) is 3.81. The molecule has 5 nitrogen and oxygen atoms in total. The molecule has 0 amide bonds. The van der Waals surface area contributed by atoms with Crippen molar-refractivity contribution in [2.24, 2.45) is 0 Å². The highest BCUT2D eigenvalue weighted by molar-refractivity contribution is 9.10. The van der Waals surface area contributed by atoms with E-state index in [2.05, 4.69) is 38.3 Å². The summed E-state index contributed by atoms with van der Waals surface area (Å²) in [6, 6.07) is 13.9. The second kappa shape index (κ2) is 8.75. The van der Waals surface area contributed by atoms with Crippen LogP contribution in [0.1, 0.15) is 11.4 Å². The number of halogens is 1. The monoisotopic (exact) mass is 451 g/mol. The minimum atomic E-state index is 0.550. The average Bonchev–Trinajstić information content (AvgIpc) is 3.03. The first-order valence-corrected chi connectivity index (χ1v) is 10.2. The molecule has 26 heavy (non-hydrogen) atoms. The molecule has 0 saturated heterocycles. The van der Waals surface area contributed by atoms with Crippen LogP contribution in [-0.2, 0) is 11.5 Å². The van der Waals surface area contributed by atoms with Crippen LogP contribution < -0.4 is 9.47 Å². The van der Waals surface area contributed by atoms with Crippen LogP contribution in [0.5, 0.6) is 11.5 Å². The highest BCUT2D eigenvalue weighted by Gasteiger charge is 2.12. The van der Waals surface area contributed by atoms with Crippen LogP contribution in [0.4, 0.5) is 0 Å². The normalized spacial score (nSPS) is 10.7. The maximum Gasteiger partial charge on any atom is 0.199 e. The molecule has 2 aromatic carbocycles. The van der Waals surface area contributed by atoms with Crippen molar-refractivity contribution in [3.05, 3.63) is 63.1 Å². The summed E-state index contributed by atoms with van der Waals surface area (Å²) >= 11 is 10.8. The first-order chi connectivity index (χ1) is 12.6. The second-order valence-corrected chi connectivity index (χ2v) is 7.63. The molecule has 0 aliphatic rings. The first kappa shape index (κ1) is 19.0. The molecule has 0 fully saturated rings. The summed E-state index contributed by atoms with van der Waals surface area (Å²) < 4.78 is 14.3. The van der Waals surface area contributed by atoms with Gasteiger partial charge in [0.15, 0.2) is 16.3 Å². The van der Waals surface area contributed by atoms with Crippen molar-refractivity contribution in [1.29, 1.82) is 0 Å². The molecule has 8 heteroatoms. The van der Waals surface area contributed by atoms with E-state index < -0.39 is 0 Å². The van der Waals surface area contributed by atoms with Crippen LogP contribution in [0, 0.1) is 4.77 Å². The minimum absolute atomic E-state index is 0.550. The van der Waals surface area contributed by atoms with Crippen molar-refractivity contribution in [1.82, 2.24) is 14.8 Å². The number of rotatable bonds is 7. The Balaban J connectivity index is 1.81. The molecule has 3 rings (SSSR count). The smallest absolute Gasteiger partial charge is 0.199 e. The van der Waals surface area contributed by atoms with E-state index in [-0.39, 0.29) is 0 Å². The maximum absolute atomic E-state index is 5.42. The second-order valence-electron chi connectivity index (χ2n) is 5.40. The SMILES string of the molecule is COc1ccc(-n2c(CSCc3ccccc3Br)n[nH]c2=S)cc1OC. The number of aromatic amines is 1. The van der Waals surface area contributed by atoms with Gasteiger partial charge >= 0.3 is 0 Å². The van der Waals surface area contributed by atoms with Gasteiger partial charge in [0.05, 0.1) is 25.7 Å². The van der Waals surface area contributed by atoms with E-state index in [1.54, 1.807) is 26.0 Å². The fourth-order valence-electron chi connectivity index (χ4n) is 2.52. The minimum Gasteiger partial charge on any atom is -0.493 e. The van der Waals surface area contributed by atoms with Crippen molar-refractivity contribution in [3.63, 3.8) is 0 Å². The Kier molecular flexibility index (Phi) is 6.39. The van der Waals surface area contributed by atoms with Gasteiger partial charge in [-0.25, -0.2) is 0 Å². The molecule has 0 saturated carbocycles. The predicted octanol–water partition coefficient (Wildman–Crippen LogP) is 5.14.